The Morgan fingerprint density at radius 1 is 1.04 bits per heavy atom. The molecule has 0 bridgehead atoms. The van der Waals surface area contributed by atoms with E-state index < -0.39 is 17.7 Å². The molecule has 1 aliphatic heterocycles. The summed E-state index contributed by atoms with van der Waals surface area (Å²) in [5.41, 5.74) is -0.717. The molecule has 2 aromatic heterocycles. The largest absolute Gasteiger partial charge is 0.433 e. The first-order valence-electron chi connectivity index (χ1n) is 7.23. The number of anilines is 2. The number of nitrogens with zero attached hydrogens (tertiary/aromatic N) is 6. The van der Waals surface area contributed by atoms with Crippen LogP contribution >= 0.6 is 0 Å². The van der Waals surface area contributed by atoms with Gasteiger partial charge in [-0.1, -0.05) is 0 Å². The van der Waals surface area contributed by atoms with Crippen molar-refractivity contribution in [3.63, 3.8) is 0 Å². The second-order valence-electron chi connectivity index (χ2n) is 5.36. The zero-order valence-corrected chi connectivity index (χ0v) is 12.8. The number of piperazine rings is 1. The maximum Gasteiger partial charge on any atom is 0.433 e. The Kier molecular flexibility index (Phi) is 4.20. The average Bonchev–Trinajstić information content (AvgIpc) is 2.54. The Balaban J connectivity index is 1.76. The second-order valence-corrected chi connectivity index (χ2v) is 5.36. The predicted molar refractivity (Wildman–Crippen MR) is 78.2 cm³/mol. The lowest BCUT2D eigenvalue weighted by Crippen LogP contribution is -2.47. The molecule has 24 heavy (non-hydrogen) atoms. The molecule has 0 aliphatic carbocycles. The maximum absolute atomic E-state index is 13.7. The van der Waals surface area contributed by atoms with Crippen LogP contribution in [0.2, 0.25) is 0 Å². The summed E-state index contributed by atoms with van der Waals surface area (Å²) in [6.07, 6.45) is -2.19. The normalized spacial score (nSPS) is 15.7. The van der Waals surface area contributed by atoms with E-state index in [0.29, 0.717) is 26.2 Å². The van der Waals surface area contributed by atoms with Crippen molar-refractivity contribution in [1.82, 2.24) is 19.9 Å². The van der Waals surface area contributed by atoms with E-state index >= 15 is 0 Å². The van der Waals surface area contributed by atoms with Crippen molar-refractivity contribution in [2.75, 3.05) is 36.0 Å². The molecule has 0 amide bonds. The highest BCUT2D eigenvalue weighted by molar-refractivity contribution is 5.42. The third-order valence-electron chi connectivity index (χ3n) is 3.64. The van der Waals surface area contributed by atoms with Crippen LogP contribution in [0.1, 0.15) is 11.4 Å². The number of hydrogen-bond donors (Lipinski definition) is 0. The minimum Gasteiger partial charge on any atom is -0.351 e. The highest BCUT2D eigenvalue weighted by Gasteiger charge is 2.34. The SMILES string of the molecule is Cc1cc(C(F)(F)F)nc(N2CCN(c3ncncc3F)CC2)n1. The summed E-state index contributed by atoms with van der Waals surface area (Å²) in [5.74, 6) is -0.312. The van der Waals surface area contributed by atoms with E-state index in [1.54, 1.807) is 9.80 Å². The van der Waals surface area contributed by atoms with Crippen LogP contribution in [0.15, 0.2) is 18.6 Å². The fourth-order valence-electron chi connectivity index (χ4n) is 2.50. The lowest BCUT2D eigenvalue weighted by Gasteiger charge is -2.35. The Hall–Kier alpha value is -2.52. The van der Waals surface area contributed by atoms with Gasteiger partial charge in [-0.05, 0) is 13.0 Å². The summed E-state index contributed by atoms with van der Waals surface area (Å²) < 4.78 is 52.3. The van der Waals surface area contributed by atoms with Gasteiger partial charge in [0.1, 0.15) is 12.0 Å². The number of rotatable bonds is 2. The van der Waals surface area contributed by atoms with Crippen LogP contribution in [-0.4, -0.2) is 46.1 Å². The van der Waals surface area contributed by atoms with E-state index in [1.165, 1.54) is 13.3 Å². The molecule has 0 spiro atoms. The van der Waals surface area contributed by atoms with Gasteiger partial charge >= 0.3 is 6.18 Å². The molecule has 0 unspecified atom stereocenters. The molecule has 10 heteroatoms. The Labute approximate surface area is 135 Å². The summed E-state index contributed by atoms with van der Waals surface area (Å²) in [6, 6.07) is 0.913. The Morgan fingerprint density at radius 3 is 2.33 bits per heavy atom. The fourth-order valence-corrected chi connectivity index (χ4v) is 2.50. The van der Waals surface area contributed by atoms with Crippen LogP contribution in [0, 0.1) is 12.7 Å². The summed E-state index contributed by atoms with van der Waals surface area (Å²) in [4.78, 5) is 18.6. The van der Waals surface area contributed by atoms with Crippen molar-refractivity contribution >= 4 is 11.8 Å². The van der Waals surface area contributed by atoms with Crippen molar-refractivity contribution in [2.45, 2.75) is 13.1 Å². The van der Waals surface area contributed by atoms with E-state index in [4.69, 9.17) is 0 Å². The van der Waals surface area contributed by atoms with Crippen LogP contribution in [-0.2, 0) is 6.18 Å². The molecule has 3 heterocycles. The van der Waals surface area contributed by atoms with Gasteiger partial charge in [-0.15, -0.1) is 0 Å². The molecule has 1 aliphatic rings. The fraction of sp³-hybridized carbons (Fsp3) is 0.429. The molecular weight excluding hydrogens is 328 g/mol. The van der Waals surface area contributed by atoms with Crippen molar-refractivity contribution in [3.8, 4) is 0 Å². The predicted octanol–water partition coefficient (Wildman–Crippen LogP) is 2.06. The minimum absolute atomic E-state index is 0.0325. The lowest BCUT2D eigenvalue weighted by atomic mass is 10.3. The van der Waals surface area contributed by atoms with E-state index in [-0.39, 0.29) is 17.5 Å². The maximum atomic E-state index is 13.7. The van der Waals surface area contributed by atoms with Crippen molar-refractivity contribution in [1.29, 1.82) is 0 Å². The molecule has 128 valence electrons. The quantitative estimate of drug-likeness (QED) is 0.779. The van der Waals surface area contributed by atoms with Crippen molar-refractivity contribution in [3.05, 3.63) is 35.8 Å². The van der Waals surface area contributed by atoms with Gasteiger partial charge in [0.15, 0.2) is 11.6 Å². The first-order valence-corrected chi connectivity index (χ1v) is 7.23. The van der Waals surface area contributed by atoms with Crippen LogP contribution in [0.5, 0.6) is 0 Å². The number of hydrogen-bond acceptors (Lipinski definition) is 6. The van der Waals surface area contributed by atoms with Crippen LogP contribution in [0.3, 0.4) is 0 Å². The minimum atomic E-state index is -4.52. The van der Waals surface area contributed by atoms with Gasteiger partial charge in [-0.3, -0.25) is 0 Å². The van der Waals surface area contributed by atoms with Gasteiger partial charge in [-0.25, -0.2) is 24.3 Å². The van der Waals surface area contributed by atoms with Crippen LogP contribution in [0.25, 0.3) is 0 Å². The first kappa shape index (κ1) is 16.3. The molecule has 1 saturated heterocycles. The number of aryl methyl sites for hydroxylation is 1. The van der Waals surface area contributed by atoms with Crippen molar-refractivity contribution in [2.24, 2.45) is 0 Å². The number of halogens is 4. The van der Waals surface area contributed by atoms with Gasteiger partial charge in [0.2, 0.25) is 5.95 Å². The number of aromatic nitrogens is 4. The van der Waals surface area contributed by atoms with Crippen LogP contribution in [0.4, 0.5) is 29.3 Å². The van der Waals surface area contributed by atoms with Crippen molar-refractivity contribution < 1.29 is 17.6 Å². The molecule has 1 fully saturated rings. The molecule has 6 nitrogen and oxygen atoms in total. The topological polar surface area (TPSA) is 58.0 Å². The third kappa shape index (κ3) is 3.36. The molecular formula is C14H14F4N6. The summed E-state index contributed by atoms with van der Waals surface area (Å²) in [6.45, 7) is 3.01. The van der Waals surface area contributed by atoms with E-state index in [1.807, 2.05) is 0 Å². The molecule has 0 atom stereocenters. The highest BCUT2D eigenvalue weighted by atomic mass is 19.4. The van der Waals surface area contributed by atoms with Gasteiger partial charge in [0, 0.05) is 31.9 Å². The van der Waals surface area contributed by atoms with Gasteiger partial charge in [0.25, 0.3) is 0 Å². The summed E-state index contributed by atoms with van der Waals surface area (Å²) >= 11 is 0. The zero-order valence-electron chi connectivity index (χ0n) is 12.8. The van der Waals surface area contributed by atoms with E-state index in [2.05, 4.69) is 19.9 Å². The standard InChI is InChI=1S/C14H14F4N6/c1-9-6-11(14(16,17)18)22-13(21-9)24-4-2-23(3-5-24)12-10(15)7-19-8-20-12/h6-8H,2-5H2,1H3. The smallest absolute Gasteiger partial charge is 0.351 e. The van der Waals surface area contributed by atoms with E-state index in [9.17, 15) is 17.6 Å². The highest BCUT2D eigenvalue weighted by Crippen LogP contribution is 2.29. The second kappa shape index (κ2) is 6.17. The molecule has 0 radical (unpaired) electrons. The molecule has 0 aromatic carbocycles. The zero-order chi connectivity index (χ0) is 17.3. The molecule has 0 saturated carbocycles. The third-order valence-corrected chi connectivity index (χ3v) is 3.64. The number of alkyl halides is 3. The lowest BCUT2D eigenvalue weighted by molar-refractivity contribution is -0.141. The Bertz CT molecular complexity index is 727. The Morgan fingerprint density at radius 2 is 1.71 bits per heavy atom. The van der Waals surface area contributed by atoms with E-state index in [0.717, 1.165) is 12.3 Å². The molecule has 0 N–H and O–H groups in total. The van der Waals surface area contributed by atoms with Gasteiger partial charge in [-0.2, -0.15) is 13.2 Å². The summed E-state index contributed by atoms with van der Waals surface area (Å²) in [7, 11) is 0. The van der Waals surface area contributed by atoms with Gasteiger partial charge in [0.05, 0.1) is 6.20 Å². The first-order chi connectivity index (χ1) is 11.3. The average molecular weight is 342 g/mol. The monoisotopic (exact) mass is 342 g/mol. The summed E-state index contributed by atoms with van der Waals surface area (Å²) in [5, 5.41) is 0. The van der Waals surface area contributed by atoms with Crippen LogP contribution < -0.4 is 9.80 Å². The molecule has 2 aromatic rings. The molecule has 3 rings (SSSR count). The van der Waals surface area contributed by atoms with Gasteiger partial charge < -0.3 is 9.80 Å².